The van der Waals surface area contributed by atoms with E-state index >= 15 is 0 Å². The Morgan fingerprint density at radius 3 is 2.75 bits per heavy atom. The zero-order valence-corrected chi connectivity index (χ0v) is 10.5. The minimum atomic E-state index is 0.0268. The van der Waals surface area contributed by atoms with Gasteiger partial charge in [0.05, 0.1) is 0 Å². The highest BCUT2D eigenvalue weighted by atomic mass is 16.5. The van der Waals surface area contributed by atoms with Crippen molar-refractivity contribution in [2.45, 2.75) is 38.6 Å². The van der Waals surface area contributed by atoms with Crippen LogP contribution in [0.15, 0.2) is 18.2 Å². The van der Waals surface area contributed by atoms with Crippen molar-refractivity contribution in [1.82, 2.24) is 5.32 Å². The first-order valence-corrected chi connectivity index (χ1v) is 6.04. The molecule has 0 heterocycles. The number of fused-ring (bicyclic) bond motifs is 1. The van der Waals surface area contributed by atoms with E-state index in [0.29, 0.717) is 6.61 Å². The Balaban J connectivity index is 2.00. The third-order valence-electron chi connectivity index (χ3n) is 3.35. The van der Waals surface area contributed by atoms with Crippen molar-refractivity contribution in [3.8, 4) is 5.75 Å². The maximum Gasteiger partial charge on any atom is 0.119 e. The van der Waals surface area contributed by atoms with Gasteiger partial charge in [-0.2, -0.15) is 0 Å². The van der Waals surface area contributed by atoms with E-state index in [1.165, 1.54) is 30.4 Å². The van der Waals surface area contributed by atoms with Crippen LogP contribution in [0.5, 0.6) is 5.75 Å². The molecule has 0 radical (unpaired) electrons. The van der Waals surface area contributed by atoms with Crippen molar-refractivity contribution in [1.29, 1.82) is 0 Å². The summed E-state index contributed by atoms with van der Waals surface area (Å²) < 4.78 is 5.82. The molecule has 1 aliphatic carbocycles. The molecule has 1 N–H and O–H groups in total. The maximum absolute atomic E-state index is 5.82. The van der Waals surface area contributed by atoms with Crippen LogP contribution < -0.4 is 10.1 Å². The predicted octanol–water partition coefficient (Wildman–Crippen LogP) is 2.55. The smallest absolute Gasteiger partial charge is 0.119 e. The zero-order chi connectivity index (χ0) is 11.6. The van der Waals surface area contributed by atoms with Crippen molar-refractivity contribution in [3.05, 3.63) is 29.3 Å². The Morgan fingerprint density at radius 1 is 1.25 bits per heavy atom. The summed E-state index contributed by atoms with van der Waals surface area (Å²) in [6.45, 7) is 4.98. The molecule has 0 spiro atoms. The summed E-state index contributed by atoms with van der Waals surface area (Å²) in [6, 6.07) is 6.51. The molecule has 2 nitrogen and oxygen atoms in total. The molecular weight excluding hydrogens is 198 g/mol. The number of benzene rings is 1. The lowest BCUT2D eigenvalue weighted by atomic mass is 10.1. The van der Waals surface area contributed by atoms with Gasteiger partial charge < -0.3 is 10.1 Å². The minimum Gasteiger partial charge on any atom is -0.492 e. The van der Waals surface area contributed by atoms with Crippen LogP contribution in [0, 0.1) is 0 Å². The molecule has 0 bridgehead atoms. The van der Waals surface area contributed by atoms with Crippen LogP contribution >= 0.6 is 0 Å². The number of aryl methyl sites for hydroxylation is 2. The number of likely N-dealkylation sites (N-methyl/N-ethyl adjacent to an activating group) is 1. The van der Waals surface area contributed by atoms with Crippen LogP contribution in [0.1, 0.15) is 31.4 Å². The fourth-order valence-corrected chi connectivity index (χ4v) is 1.97. The van der Waals surface area contributed by atoms with Gasteiger partial charge in [-0.3, -0.25) is 0 Å². The fraction of sp³-hybridized carbons (Fsp3) is 0.571. The summed E-state index contributed by atoms with van der Waals surface area (Å²) >= 11 is 0. The lowest BCUT2D eigenvalue weighted by Gasteiger charge is -2.24. The molecule has 0 atom stereocenters. The van der Waals surface area contributed by atoms with Gasteiger partial charge in [0.15, 0.2) is 0 Å². The highest BCUT2D eigenvalue weighted by Gasteiger charge is 2.16. The highest BCUT2D eigenvalue weighted by molar-refractivity contribution is 5.38. The second-order valence-corrected chi connectivity index (χ2v) is 5.21. The first kappa shape index (κ1) is 11.5. The summed E-state index contributed by atoms with van der Waals surface area (Å²) in [7, 11) is 1.96. The number of rotatable bonds is 4. The summed E-state index contributed by atoms with van der Waals surface area (Å²) in [5.74, 6) is 1.00. The highest BCUT2D eigenvalue weighted by Crippen LogP contribution is 2.26. The molecule has 0 amide bonds. The van der Waals surface area contributed by atoms with Crippen molar-refractivity contribution in [3.63, 3.8) is 0 Å². The standard InChI is InChI=1S/C14H21NO/c1-14(2,15-3)10-16-13-8-7-11-5-4-6-12(11)9-13/h7-9,15H,4-6,10H2,1-3H3. The average molecular weight is 219 g/mol. The molecule has 1 aliphatic rings. The Labute approximate surface area is 98.0 Å². The van der Waals surface area contributed by atoms with Gasteiger partial charge in [-0.1, -0.05) is 6.07 Å². The van der Waals surface area contributed by atoms with Gasteiger partial charge in [0.2, 0.25) is 0 Å². The van der Waals surface area contributed by atoms with Gasteiger partial charge in [-0.25, -0.2) is 0 Å². The molecule has 0 unspecified atom stereocenters. The average Bonchev–Trinajstić information content (AvgIpc) is 2.73. The van der Waals surface area contributed by atoms with E-state index in [2.05, 4.69) is 37.4 Å². The fourth-order valence-electron chi connectivity index (χ4n) is 1.97. The lowest BCUT2D eigenvalue weighted by molar-refractivity contribution is 0.217. The molecule has 88 valence electrons. The number of hydrogen-bond donors (Lipinski definition) is 1. The Hall–Kier alpha value is -1.02. The quantitative estimate of drug-likeness (QED) is 0.840. The second kappa shape index (κ2) is 4.46. The normalized spacial score (nSPS) is 14.9. The van der Waals surface area contributed by atoms with E-state index in [4.69, 9.17) is 4.74 Å². The number of ether oxygens (including phenoxy) is 1. The molecule has 0 fully saturated rings. The van der Waals surface area contributed by atoms with E-state index in [-0.39, 0.29) is 5.54 Å². The molecule has 2 rings (SSSR count). The lowest BCUT2D eigenvalue weighted by Crippen LogP contribution is -2.42. The van der Waals surface area contributed by atoms with E-state index in [1.54, 1.807) is 0 Å². The zero-order valence-electron chi connectivity index (χ0n) is 10.5. The van der Waals surface area contributed by atoms with Gasteiger partial charge in [0, 0.05) is 5.54 Å². The van der Waals surface area contributed by atoms with Crippen molar-refractivity contribution in [2.24, 2.45) is 0 Å². The van der Waals surface area contributed by atoms with Crippen molar-refractivity contribution in [2.75, 3.05) is 13.7 Å². The van der Waals surface area contributed by atoms with Crippen LogP contribution in [-0.4, -0.2) is 19.2 Å². The summed E-state index contributed by atoms with van der Waals surface area (Å²) in [6.07, 6.45) is 3.74. The topological polar surface area (TPSA) is 21.3 Å². The molecule has 1 aromatic rings. The van der Waals surface area contributed by atoms with Gasteiger partial charge in [0.25, 0.3) is 0 Å². The van der Waals surface area contributed by atoms with Crippen LogP contribution in [0.4, 0.5) is 0 Å². The van der Waals surface area contributed by atoms with E-state index in [0.717, 1.165) is 5.75 Å². The monoisotopic (exact) mass is 219 g/mol. The largest absolute Gasteiger partial charge is 0.492 e. The van der Waals surface area contributed by atoms with Crippen LogP contribution in [0.2, 0.25) is 0 Å². The van der Waals surface area contributed by atoms with E-state index in [9.17, 15) is 0 Å². The molecule has 0 saturated heterocycles. The van der Waals surface area contributed by atoms with Crippen molar-refractivity contribution < 1.29 is 4.74 Å². The third-order valence-corrected chi connectivity index (χ3v) is 3.35. The van der Waals surface area contributed by atoms with Gasteiger partial charge in [0.1, 0.15) is 12.4 Å². The van der Waals surface area contributed by atoms with Crippen LogP contribution in [-0.2, 0) is 12.8 Å². The first-order chi connectivity index (χ1) is 7.61. The SMILES string of the molecule is CNC(C)(C)COc1ccc2c(c1)CCC2. The number of nitrogens with one attached hydrogen (secondary N) is 1. The summed E-state index contributed by atoms with van der Waals surface area (Å²) in [5, 5.41) is 3.24. The molecule has 0 aliphatic heterocycles. The Morgan fingerprint density at radius 2 is 2.00 bits per heavy atom. The molecule has 1 aromatic carbocycles. The van der Waals surface area contributed by atoms with Crippen molar-refractivity contribution >= 4 is 0 Å². The van der Waals surface area contributed by atoms with Crippen LogP contribution in [0.25, 0.3) is 0 Å². The van der Waals surface area contributed by atoms with Gasteiger partial charge >= 0.3 is 0 Å². The maximum atomic E-state index is 5.82. The third kappa shape index (κ3) is 2.56. The molecular formula is C14H21NO. The Kier molecular flexibility index (Phi) is 3.20. The predicted molar refractivity (Wildman–Crippen MR) is 67.1 cm³/mol. The summed E-state index contributed by atoms with van der Waals surface area (Å²) in [4.78, 5) is 0. The second-order valence-electron chi connectivity index (χ2n) is 5.21. The van der Waals surface area contributed by atoms with Crippen LogP contribution in [0.3, 0.4) is 0 Å². The molecule has 0 saturated carbocycles. The number of hydrogen-bond acceptors (Lipinski definition) is 2. The molecule has 2 heteroatoms. The van der Waals surface area contributed by atoms with E-state index < -0.39 is 0 Å². The molecule has 16 heavy (non-hydrogen) atoms. The summed E-state index contributed by atoms with van der Waals surface area (Å²) in [5.41, 5.74) is 3.00. The van der Waals surface area contributed by atoms with Gasteiger partial charge in [-0.05, 0) is 63.4 Å². The molecule has 0 aromatic heterocycles. The van der Waals surface area contributed by atoms with Gasteiger partial charge in [-0.15, -0.1) is 0 Å². The Bertz CT molecular complexity index is 371. The first-order valence-electron chi connectivity index (χ1n) is 6.04. The van der Waals surface area contributed by atoms with E-state index in [1.807, 2.05) is 7.05 Å². The minimum absolute atomic E-state index is 0.0268.